The van der Waals surface area contributed by atoms with Gasteiger partial charge in [0.2, 0.25) is 10.0 Å². The van der Waals surface area contributed by atoms with Crippen LogP contribution in [0, 0.1) is 6.92 Å². The van der Waals surface area contributed by atoms with Gasteiger partial charge in [-0.15, -0.1) is 0 Å². The summed E-state index contributed by atoms with van der Waals surface area (Å²) in [6.07, 6.45) is 1.84. The van der Waals surface area contributed by atoms with Crippen LogP contribution < -0.4 is 4.72 Å². The number of rotatable bonds is 5. The molecule has 6 heteroatoms. The molecule has 5 nitrogen and oxygen atoms in total. The first-order valence-electron chi connectivity index (χ1n) is 8.80. The third-order valence-corrected chi connectivity index (χ3v) is 6.52. The van der Waals surface area contributed by atoms with Gasteiger partial charge in [-0.1, -0.05) is 37.3 Å². The number of amides is 1. The molecule has 0 bridgehead atoms. The van der Waals surface area contributed by atoms with E-state index < -0.39 is 10.0 Å². The molecule has 0 saturated carbocycles. The summed E-state index contributed by atoms with van der Waals surface area (Å²) < 4.78 is 27.0. The maximum absolute atomic E-state index is 13.1. The number of nitrogens with one attached hydrogen (secondary N) is 1. The van der Waals surface area contributed by atoms with E-state index in [1.165, 1.54) is 23.3 Å². The quantitative estimate of drug-likeness (QED) is 0.877. The van der Waals surface area contributed by atoms with Gasteiger partial charge < -0.3 is 4.90 Å². The molecule has 138 valence electrons. The minimum absolute atomic E-state index is 0.0205. The molecule has 2 aromatic carbocycles. The van der Waals surface area contributed by atoms with Gasteiger partial charge in [0.15, 0.2) is 0 Å². The van der Waals surface area contributed by atoms with Crippen molar-refractivity contribution in [1.82, 2.24) is 9.62 Å². The Bertz CT molecular complexity index is 938. The number of benzene rings is 2. The molecule has 0 aromatic heterocycles. The highest BCUT2D eigenvalue weighted by molar-refractivity contribution is 7.89. The van der Waals surface area contributed by atoms with Gasteiger partial charge in [-0.2, -0.15) is 0 Å². The number of nitrogens with zero attached hydrogens (tertiary/aromatic N) is 1. The van der Waals surface area contributed by atoms with Crippen molar-refractivity contribution in [2.45, 2.75) is 37.6 Å². The molecule has 2 aromatic rings. The lowest BCUT2D eigenvalue weighted by molar-refractivity contribution is 0.0729. The van der Waals surface area contributed by atoms with Gasteiger partial charge in [-0.25, -0.2) is 13.1 Å². The topological polar surface area (TPSA) is 66.5 Å². The smallest absolute Gasteiger partial charge is 0.254 e. The average molecular weight is 372 g/mol. The zero-order valence-corrected chi connectivity index (χ0v) is 16.1. The SMILES string of the molecule is CCNS(=O)(=O)c1ccc(C)c(C(=O)N(C)[C@H]2CCc3ccccc32)c1. The lowest BCUT2D eigenvalue weighted by atomic mass is 10.0. The fourth-order valence-electron chi connectivity index (χ4n) is 3.54. The van der Waals surface area contributed by atoms with E-state index in [2.05, 4.69) is 16.9 Å². The highest BCUT2D eigenvalue weighted by atomic mass is 32.2. The van der Waals surface area contributed by atoms with E-state index in [9.17, 15) is 13.2 Å². The zero-order chi connectivity index (χ0) is 18.9. The fraction of sp³-hybridized carbons (Fsp3) is 0.350. The molecule has 0 unspecified atom stereocenters. The predicted octanol–water partition coefficient (Wildman–Crippen LogP) is 3.05. The number of hydrogen-bond donors (Lipinski definition) is 1. The minimum Gasteiger partial charge on any atom is -0.335 e. The van der Waals surface area contributed by atoms with Gasteiger partial charge in [0.1, 0.15) is 0 Å². The summed E-state index contributed by atoms with van der Waals surface area (Å²) in [5, 5.41) is 0. The van der Waals surface area contributed by atoms with Crippen molar-refractivity contribution in [1.29, 1.82) is 0 Å². The largest absolute Gasteiger partial charge is 0.335 e. The molecule has 0 aliphatic heterocycles. The Morgan fingerprint density at radius 3 is 2.69 bits per heavy atom. The molecular weight excluding hydrogens is 348 g/mol. The van der Waals surface area contributed by atoms with Crippen LogP contribution in [-0.4, -0.2) is 32.8 Å². The van der Waals surface area contributed by atoms with Crippen molar-refractivity contribution < 1.29 is 13.2 Å². The summed E-state index contributed by atoms with van der Waals surface area (Å²) in [6, 6.07) is 12.9. The standard InChI is InChI=1S/C20H24N2O3S/c1-4-21-26(24,25)16-11-9-14(2)18(13-16)20(23)22(3)19-12-10-15-7-5-6-8-17(15)19/h5-9,11,13,19,21H,4,10,12H2,1-3H3/t19-/m0/s1. The van der Waals surface area contributed by atoms with E-state index in [4.69, 9.17) is 0 Å². The number of fused-ring (bicyclic) bond motifs is 1. The molecule has 1 aliphatic carbocycles. The Balaban J connectivity index is 1.93. The predicted molar refractivity (Wildman–Crippen MR) is 102 cm³/mol. The Kier molecular flexibility index (Phi) is 5.16. The van der Waals surface area contributed by atoms with Crippen molar-refractivity contribution in [2.75, 3.05) is 13.6 Å². The molecule has 0 radical (unpaired) electrons. The van der Waals surface area contributed by atoms with E-state index in [-0.39, 0.29) is 16.8 Å². The number of carbonyl (C=O) groups excluding carboxylic acids is 1. The van der Waals surface area contributed by atoms with Crippen molar-refractivity contribution in [3.63, 3.8) is 0 Å². The van der Waals surface area contributed by atoms with Crippen LogP contribution in [0.25, 0.3) is 0 Å². The summed E-state index contributed by atoms with van der Waals surface area (Å²) in [5.74, 6) is -0.155. The zero-order valence-electron chi connectivity index (χ0n) is 15.3. The first-order chi connectivity index (χ1) is 12.3. The Hall–Kier alpha value is -2.18. The fourth-order valence-corrected chi connectivity index (χ4v) is 4.61. The molecule has 1 aliphatic rings. The second-order valence-corrected chi connectivity index (χ2v) is 8.41. The molecule has 1 amide bonds. The van der Waals surface area contributed by atoms with Crippen LogP contribution in [0.1, 0.15) is 46.4 Å². The van der Waals surface area contributed by atoms with Gasteiger partial charge in [0.25, 0.3) is 5.91 Å². The van der Waals surface area contributed by atoms with Crippen molar-refractivity contribution in [3.05, 3.63) is 64.7 Å². The van der Waals surface area contributed by atoms with Crippen LogP contribution in [0.5, 0.6) is 0 Å². The Morgan fingerprint density at radius 2 is 1.96 bits per heavy atom. The molecule has 0 saturated heterocycles. The van der Waals surface area contributed by atoms with Gasteiger partial charge in [-0.05, 0) is 48.6 Å². The first kappa shape index (κ1) is 18.6. The highest BCUT2D eigenvalue weighted by Gasteiger charge is 2.30. The Morgan fingerprint density at radius 1 is 1.23 bits per heavy atom. The van der Waals surface area contributed by atoms with Gasteiger partial charge in [-0.3, -0.25) is 4.79 Å². The van der Waals surface area contributed by atoms with Crippen LogP contribution >= 0.6 is 0 Å². The lowest BCUT2D eigenvalue weighted by Crippen LogP contribution is -2.31. The minimum atomic E-state index is -3.60. The van der Waals surface area contributed by atoms with Crippen molar-refractivity contribution in [2.24, 2.45) is 0 Å². The van der Waals surface area contributed by atoms with Crippen LogP contribution in [0.4, 0.5) is 0 Å². The van der Waals surface area contributed by atoms with E-state index >= 15 is 0 Å². The molecular formula is C20H24N2O3S. The molecule has 0 fully saturated rings. The van der Waals surface area contributed by atoms with Crippen LogP contribution in [0.2, 0.25) is 0 Å². The average Bonchev–Trinajstić information content (AvgIpc) is 3.04. The van der Waals surface area contributed by atoms with Crippen molar-refractivity contribution in [3.8, 4) is 0 Å². The normalized spacial score (nSPS) is 16.3. The van der Waals surface area contributed by atoms with E-state index in [1.807, 2.05) is 19.1 Å². The monoisotopic (exact) mass is 372 g/mol. The summed E-state index contributed by atoms with van der Waals surface area (Å²) in [5.41, 5.74) is 3.65. The second kappa shape index (κ2) is 7.21. The van der Waals surface area contributed by atoms with Crippen LogP contribution in [0.3, 0.4) is 0 Å². The summed E-state index contributed by atoms with van der Waals surface area (Å²) in [7, 11) is -1.81. The van der Waals surface area contributed by atoms with Gasteiger partial charge in [0, 0.05) is 19.2 Å². The number of aryl methyl sites for hydroxylation is 2. The molecule has 3 rings (SSSR count). The third kappa shape index (κ3) is 3.39. The molecule has 26 heavy (non-hydrogen) atoms. The molecule has 0 spiro atoms. The summed E-state index contributed by atoms with van der Waals surface area (Å²) in [6.45, 7) is 3.86. The van der Waals surface area contributed by atoms with E-state index in [0.717, 1.165) is 18.4 Å². The molecule has 1 atom stereocenters. The maximum atomic E-state index is 13.1. The van der Waals surface area contributed by atoms with E-state index in [1.54, 1.807) is 24.9 Å². The summed E-state index contributed by atoms with van der Waals surface area (Å²) in [4.78, 5) is 15.0. The lowest BCUT2D eigenvalue weighted by Gasteiger charge is -2.26. The number of hydrogen-bond acceptors (Lipinski definition) is 3. The van der Waals surface area contributed by atoms with Crippen LogP contribution in [-0.2, 0) is 16.4 Å². The second-order valence-electron chi connectivity index (χ2n) is 6.65. The molecule has 1 N–H and O–H groups in total. The van der Waals surface area contributed by atoms with E-state index in [0.29, 0.717) is 12.1 Å². The maximum Gasteiger partial charge on any atom is 0.254 e. The van der Waals surface area contributed by atoms with Crippen molar-refractivity contribution >= 4 is 15.9 Å². The Labute approximate surface area is 155 Å². The summed E-state index contributed by atoms with van der Waals surface area (Å²) >= 11 is 0. The van der Waals surface area contributed by atoms with Crippen LogP contribution in [0.15, 0.2) is 47.4 Å². The van der Waals surface area contributed by atoms with Gasteiger partial charge in [0.05, 0.1) is 10.9 Å². The highest BCUT2D eigenvalue weighted by Crippen LogP contribution is 2.35. The third-order valence-electron chi connectivity index (χ3n) is 4.97. The number of carbonyl (C=O) groups is 1. The first-order valence-corrected chi connectivity index (χ1v) is 10.3. The number of sulfonamides is 1. The van der Waals surface area contributed by atoms with Gasteiger partial charge >= 0.3 is 0 Å². The molecule has 0 heterocycles.